The fourth-order valence-electron chi connectivity index (χ4n) is 3.48. The van der Waals surface area contributed by atoms with Gasteiger partial charge in [-0.15, -0.1) is 0 Å². The lowest BCUT2D eigenvalue weighted by Gasteiger charge is -2.37. The molecular weight excluding hydrogens is 352 g/mol. The summed E-state index contributed by atoms with van der Waals surface area (Å²) < 4.78 is 5.49. The van der Waals surface area contributed by atoms with Gasteiger partial charge in [0.2, 0.25) is 0 Å². The van der Waals surface area contributed by atoms with Crippen LogP contribution in [0.4, 0.5) is 11.5 Å². The van der Waals surface area contributed by atoms with Crippen molar-refractivity contribution in [2.45, 2.75) is 26.2 Å². The van der Waals surface area contributed by atoms with Crippen molar-refractivity contribution < 1.29 is 9.53 Å². The maximum absolute atomic E-state index is 12.4. The summed E-state index contributed by atoms with van der Waals surface area (Å²) in [6.07, 6.45) is 5.03. The van der Waals surface area contributed by atoms with Crippen LogP contribution < -0.4 is 19.9 Å². The molecule has 0 aliphatic carbocycles. The second kappa shape index (κ2) is 9.97. The van der Waals surface area contributed by atoms with Crippen molar-refractivity contribution in [2.24, 2.45) is 0 Å². The number of rotatable bonds is 8. The van der Waals surface area contributed by atoms with Gasteiger partial charge in [-0.25, -0.2) is 4.98 Å². The summed E-state index contributed by atoms with van der Waals surface area (Å²) in [4.78, 5) is 21.4. The number of carbonyl (C=O) groups is 1. The number of nitrogens with zero attached hydrogens (tertiary/aromatic N) is 3. The minimum atomic E-state index is -0.0209. The molecule has 0 radical (unpaired) electrons. The van der Waals surface area contributed by atoms with Gasteiger partial charge in [0.05, 0.1) is 12.8 Å². The zero-order valence-electron chi connectivity index (χ0n) is 16.9. The van der Waals surface area contributed by atoms with Gasteiger partial charge in [0.15, 0.2) is 0 Å². The Labute approximate surface area is 167 Å². The Bertz CT molecular complexity index is 773. The van der Waals surface area contributed by atoms with Gasteiger partial charge in [0.1, 0.15) is 11.6 Å². The summed E-state index contributed by atoms with van der Waals surface area (Å²) in [5, 5.41) is 3.00. The molecular formula is C22H30N4O2. The number of carbonyl (C=O) groups excluding carboxylic acids is 1. The van der Waals surface area contributed by atoms with E-state index < -0.39 is 0 Å². The van der Waals surface area contributed by atoms with Crippen molar-refractivity contribution in [3.05, 3.63) is 48.2 Å². The van der Waals surface area contributed by atoms with E-state index in [9.17, 15) is 4.79 Å². The van der Waals surface area contributed by atoms with E-state index in [1.54, 1.807) is 19.4 Å². The number of aromatic nitrogens is 1. The predicted octanol–water partition coefficient (Wildman–Crippen LogP) is 3.34. The normalized spacial score (nSPS) is 14.1. The molecule has 6 heteroatoms. The van der Waals surface area contributed by atoms with E-state index in [0.717, 1.165) is 69.2 Å². The zero-order valence-corrected chi connectivity index (χ0v) is 16.9. The van der Waals surface area contributed by atoms with Crippen molar-refractivity contribution in [1.29, 1.82) is 0 Å². The molecule has 0 bridgehead atoms. The minimum Gasteiger partial charge on any atom is -0.495 e. The number of hydrogen-bond donors (Lipinski definition) is 1. The van der Waals surface area contributed by atoms with Crippen LogP contribution in [-0.2, 0) is 0 Å². The Balaban J connectivity index is 1.59. The van der Waals surface area contributed by atoms with Crippen molar-refractivity contribution in [1.82, 2.24) is 10.3 Å². The van der Waals surface area contributed by atoms with Gasteiger partial charge >= 0.3 is 0 Å². The molecule has 1 N–H and O–H groups in total. The first-order valence-electron chi connectivity index (χ1n) is 10.1. The average Bonchev–Trinajstić information content (AvgIpc) is 2.77. The fraction of sp³-hybridized carbons (Fsp3) is 0.455. The number of benzene rings is 1. The van der Waals surface area contributed by atoms with E-state index in [1.807, 2.05) is 24.3 Å². The summed E-state index contributed by atoms with van der Waals surface area (Å²) >= 11 is 0. The Morgan fingerprint density at radius 3 is 2.61 bits per heavy atom. The highest BCUT2D eigenvalue weighted by Crippen LogP contribution is 2.29. The first kappa shape index (κ1) is 20.0. The third-order valence-electron chi connectivity index (χ3n) is 5.10. The molecule has 2 heterocycles. The third kappa shape index (κ3) is 4.94. The van der Waals surface area contributed by atoms with Gasteiger partial charge in [-0.1, -0.05) is 31.9 Å². The van der Waals surface area contributed by atoms with Gasteiger partial charge in [-0.05, 0) is 30.7 Å². The maximum Gasteiger partial charge on any atom is 0.251 e. The van der Waals surface area contributed by atoms with Gasteiger partial charge in [0, 0.05) is 44.5 Å². The van der Waals surface area contributed by atoms with Crippen LogP contribution in [0.25, 0.3) is 0 Å². The van der Waals surface area contributed by atoms with Crippen LogP contribution in [-0.4, -0.2) is 50.7 Å². The van der Waals surface area contributed by atoms with Gasteiger partial charge in [-0.2, -0.15) is 0 Å². The van der Waals surface area contributed by atoms with Crippen LogP contribution in [0.15, 0.2) is 42.6 Å². The molecule has 1 aromatic carbocycles. The molecule has 1 aliphatic heterocycles. The van der Waals surface area contributed by atoms with Crippen molar-refractivity contribution in [3.8, 4) is 5.75 Å². The molecule has 0 saturated carbocycles. The van der Waals surface area contributed by atoms with E-state index in [2.05, 4.69) is 33.1 Å². The van der Waals surface area contributed by atoms with E-state index in [1.165, 1.54) is 0 Å². The number of hydrogen-bond acceptors (Lipinski definition) is 5. The third-order valence-corrected chi connectivity index (χ3v) is 5.10. The largest absolute Gasteiger partial charge is 0.495 e. The van der Waals surface area contributed by atoms with Crippen molar-refractivity contribution >= 4 is 17.4 Å². The molecule has 0 unspecified atom stereocenters. The molecule has 3 rings (SSSR count). The molecule has 0 atom stereocenters. The van der Waals surface area contributed by atoms with Crippen molar-refractivity contribution in [3.63, 3.8) is 0 Å². The van der Waals surface area contributed by atoms with Crippen LogP contribution in [0.1, 0.15) is 36.5 Å². The smallest absolute Gasteiger partial charge is 0.251 e. The standard InChI is InChI=1S/C22H30N4O2/c1-3-4-7-11-24-22(27)18-10-12-23-21(17-18)26-15-13-25(14-16-26)19-8-5-6-9-20(19)28-2/h5-6,8-10,12,17H,3-4,7,11,13-16H2,1-2H3,(H,24,27). The highest BCUT2D eigenvalue weighted by atomic mass is 16.5. The number of unbranched alkanes of at least 4 members (excludes halogenated alkanes) is 2. The van der Waals surface area contributed by atoms with Gasteiger partial charge in [0.25, 0.3) is 5.91 Å². The summed E-state index contributed by atoms with van der Waals surface area (Å²) in [6, 6.07) is 11.8. The molecule has 1 fully saturated rings. The molecule has 0 spiro atoms. The molecule has 1 aromatic heterocycles. The summed E-state index contributed by atoms with van der Waals surface area (Å²) in [7, 11) is 1.71. The Kier molecular flexibility index (Phi) is 7.12. The van der Waals surface area contributed by atoms with E-state index in [-0.39, 0.29) is 5.91 Å². The number of para-hydroxylation sites is 2. The number of nitrogens with one attached hydrogen (secondary N) is 1. The van der Waals surface area contributed by atoms with Crippen molar-refractivity contribution in [2.75, 3.05) is 49.6 Å². The second-order valence-electron chi connectivity index (χ2n) is 7.01. The lowest BCUT2D eigenvalue weighted by Crippen LogP contribution is -2.47. The topological polar surface area (TPSA) is 57.7 Å². The van der Waals surface area contributed by atoms with Crippen LogP contribution in [0.5, 0.6) is 5.75 Å². The van der Waals surface area contributed by atoms with E-state index in [4.69, 9.17) is 4.74 Å². The number of anilines is 2. The highest BCUT2D eigenvalue weighted by Gasteiger charge is 2.21. The van der Waals surface area contributed by atoms with Gasteiger partial charge in [-0.3, -0.25) is 4.79 Å². The predicted molar refractivity (Wildman–Crippen MR) is 114 cm³/mol. The molecule has 28 heavy (non-hydrogen) atoms. The molecule has 6 nitrogen and oxygen atoms in total. The van der Waals surface area contributed by atoms with Crippen LogP contribution in [0.2, 0.25) is 0 Å². The second-order valence-corrected chi connectivity index (χ2v) is 7.01. The lowest BCUT2D eigenvalue weighted by molar-refractivity contribution is 0.0953. The summed E-state index contributed by atoms with van der Waals surface area (Å²) in [5.74, 6) is 1.74. The SMILES string of the molecule is CCCCCNC(=O)c1ccnc(N2CCN(c3ccccc3OC)CC2)c1. The monoisotopic (exact) mass is 382 g/mol. The Morgan fingerprint density at radius 1 is 1.11 bits per heavy atom. The van der Waals surface area contributed by atoms with E-state index >= 15 is 0 Å². The highest BCUT2D eigenvalue weighted by molar-refractivity contribution is 5.94. The zero-order chi connectivity index (χ0) is 19.8. The molecule has 2 aromatic rings. The maximum atomic E-state index is 12.4. The Hall–Kier alpha value is -2.76. The summed E-state index contributed by atoms with van der Waals surface area (Å²) in [6.45, 7) is 6.36. The fourth-order valence-corrected chi connectivity index (χ4v) is 3.48. The quantitative estimate of drug-likeness (QED) is 0.710. The molecule has 1 aliphatic rings. The molecule has 150 valence electrons. The Morgan fingerprint density at radius 2 is 1.86 bits per heavy atom. The van der Waals surface area contributed by atoms with Crippen LogP contribution in [0, 0.1) is 0 Å². The van der Waals surface area contributed by atoms with Crippen LogP contribution in [0.3, 0.4) is 0 Å². The molecule has 1 amide bonds. The number of ether oxygens (including phenoxy) is 1. The number of pyridine rings is 1. The minimum absolute atomic E-state index is 0.0209. The number of methoxy groups -OCH3 is 1. The van der Waals surface area contributed by atoms with Gasteiger partial charge < -0.3 is 19.9 Å². The number of amides is 1. The average molecular weight is 383 g/mol. The first-order valence-corrected chi connectivity index (χ1v) is 10.1. The van der Waals surface area contributed by atoms with E-state index in [0.29, 0.717) is 5.56 Å². The number of piperazine rings is 1. The summed E-state index contributed by atoms with van der Waals surface area (Å²) in [5.41, 5.74) is 1.80. The van der Waals surface area contributed by atoms with Crippen LogP contribution >= 0.6 is 0 Å². The lowest BCUT2D eigenvalue weighted by atomic mass is 10.2. The first-order chi connectivity index (χ1) is 13.7. The molecule has 1 saturated heterocycles.